The minimum atomic E-state index is 0.0557. The smallest absolute Gasteiger partial charge is 0.272 e. The Labute approximate surface area is 108 Å². The lowest BCUT2D eigenvalue weighted by Gasteiger charge is -2.21. The summed E-state index contributed by atoms with van der Waals surface area (Å²) in [5.41, 5.74) is 1.52. The van der Waals surface area contributed by atoms with E-state index in [1.54, 1.807) is 6.20 Å². The quantitative estimate of drug-likeness (QED) is 0.889. The van der Waals surface area contributed by atoms with E-state index in [1.807, 2.05) is 17.0 Å². The highest BCUT2D eigenvalue weighted by Crippen LogP contribution is 2.19. The van der Waals surface area contributed by atoms with Gasteiger partial charge < -0.3 is 10.2 Å². The topological polar surface area (TPSA) is 45.2 Å². The van der Waals surface area contributed by atoms with Gasteiger partial charge in [0.05, 0.1) is 0 Å². The molecule has 0 spiro atoms. The van der Waals surface area contributed by atoms with Crippen LogP contribution in [0.3, 0.4) is 0 Å². The Bertz CT molecular complexity index is 419. The summed E-state index contributed by atoms with van der Waals surface area (Å²) >= 11 is 0. The zero-order valence-corrected chi connectivity index (χ0v) is 11.1. The molecule has 0 saturated carbocycles. The Morgan fingerprint density at radius 3 is 3.11 bits per heavy atom. The number of hydrogen-bond donors (Lipinski definition) is 1. The molecule has 18 heavy (non-hydrogen) atoms. The molecular weight excluding hydrogens is 226 g/mol. The van der Waals surface area contributed by atoms with E-state index >= 15 is 0 Å². The first-order chi connectivity index (χ1) is 8.72. The van der Waals surface area contributed by atoms with Crippen molar-refractivity contribution in [2.75, 3.05) is 18.4 Å². The number of anilines is 1. The van der Waals surface area contributed by atoms with Gasteiger partial charge in [0.15, 0.2) is 0 Å². The molecule has 98 valence electrons. The number of pyridine rings is 1. The Morgan fingerprint density at radius 2 is 2.44 bits per heavy atom. The number of hydrogen-bond acceptors (Lipinski definition) is 3. The molecule has 1 aliphatic rings. The van der Waals surface area contributed by atoms with Crippen molar-refractivity contribution in [1.29, 1.82) is 0 Å². The van der Waals surface area contributed by atoms with E-state index in [1.165, 1.54) is 0 Å². The molecule has 1 aliphatic heterocycles. The van der Waals surface area contributed by atoms with Crippen LogP contribution in [0.2, 0.25) is 0 Å². The summed E-state index contributed by atoms with van der Waals surface area (Å²) in [6.07, 6.45) is 4.96. The molecule has 1 fully saturated rings. The SMILES string of the molecule is CCCNc1ccnc(C(=O)N2CCCC2C)c1. The molecule has 1 atom stereocenters. The van der Waals surface area contributed by atoms with Gasteiger partial charge in [-0.2, -0.15) is 0 Å². The number of nitrogens with one attached hydrogen (secondary N) is 1. The van der Waals surface area contributed by atoms with E-state index in [0.29, 0.717) is 11.7 Å². The van der Waals surface area contributed by atoms with Gasteiger partial charge in [0.2, 0.25) is 0 Å². The second kappa shape index (κ2) is 5.85. The molecule has 1 aromatic heterocycles. The molecule has 1 unspecified atom stereocenters. The van der Waals surface area contributed by atoms with Crippen LogP contribution in [0, 0.1) is 0 Å². The van der Waals surface area contributed by atoms with Gasteiger partial charge in [0, 0.05) is 31.0 Å². The number of amides is 1. The van der Waals surface area contributed by atoms with Gasteiger partial charge in [-0.15, -0.1) is 0 Å². The molecule has 1 aromatic rings. The van der Waals surface area contributed by atoms with Crippen molar-refractivity contribution in [3.63, 3.8) is 0 Å². The predicted molar refractivity (Wildman–Crippen MR) is 72.8 cm³/mol. The number of rotatable bonds is 4. The fourth-order valence-electron chi connectivity index (χ4n) is 2.31. The maximum Gasteiger partial charge on any atom is 0.272 e. The molecular formula is C14H21N3O. The van der Waals surface area contributed by atoms with Crippen LogP contribution in [-0.4, -0.2) is 34.9 Å². The number of aromatic nitrogens is 1. The van der Waals surface area contributed by atoms with Gasteiger partial charge in [0.1, 0.15) is 5.69 Å². The fraction of sp³-hybridized carbons (Fsp3) is 0.571. The molecule has 0 aromatic carbocycles. The van der Waals surface area contributed by atoms with Crippen molar-refractivity contribution in [2.24, 2.45) is 0 Å². The Hall–Kier alpha value is -1.58. The Morgan fingerprint density at radius 1 is 1.61 bits per heavy atom. The third-order valence-corrected chi connectivity index (χ3v) is 3.37. The highest BCUT2D eigenvalue weighted by atomic mass is 16.2. The maximum atomic E-state index is 12.3. The maximum absolute atomic E-state index is 12.3. The summed E-state index contributed by atoms with van der Waals surface area (Å²) in [6, 6.07) is 4.09. The summed E-state index contributed by atoms with van der Waals surface area (Å²) < 4.78 is 0. The van der Waals surface area contributed by atoms with Crippen LogP contribution in [0.1, 0.15) is 43.6 Å². The first-order valence-corrected chi connectivity index (χ1v) is 6.73. The Kier molecular flexibility index (Phi) is 4.18. The van der Waals surface area contributed by atoms with E-state index in [-0.39, 0.29) is 5.91 Å². The average molecular weight is 247 g/mol. The largest absolute Gasteiger partial charge is 0.385 e. The van der Waals surface area contributed by atoms with Crippen molar-refractivity contribution in [2.45, 2.75) is 39.2 Å². The monoisotopic (exact) mass is 247 g/mol. The summed E-state index contributed by atoms with van der Waals surface area (Å²) in [7, 11) is 0. The summed E-state index contributed by atoms with van der Waals surface area (Å²) in [6.45, 7) is 5.99. The number of carbonyl (C=O) groups is 1. The Balaban J connectivity index is 2.10. The average Bonchev–Trinajstić information content (AvgIpc) is 2.82. The third kappa shape index (κ3) is 2.81. The van der Waals surface area contributed by atoms with Crippen LogP contribution in [0.15, 0.2) is 18.3 Å². The summed E-state index contributed by atoms with van der Waals surface area (Å²) in [5, 5.41) is 3.28. The molecule has 1 saturated heterocycles. The van der Waals surface area contributed by atoms with Gasteiger partial charge in [-0.3, -0.25) is 9.78 Å². The highest BCUT2D eigenvalue weighted by Gasteiger charge is 2.26. The van der Waals surface area contributed by atoms with E-state index in [9.17, 15) is 4.79 Å². The molecule has 2 rings (SSSR count). The summed E-state index contributed by atoms with van der Waals surface area (Å²) in [5.74, 6) is 0.0557. The van der Waals surface area contributed by atoms with E-state index in [0.717, 1.165) is 38.0 Å². The fourth-order valence-corrected chi connectivity index (χ4v) is 2.31. The lowest BCUT2D eigenvalue weighted by molar-refractivity contribution is 0.0741. The van der Waals surface area contributed by atoms with Crippen LogP contribution in [0.25, 0.3) is 0 Å². The number of likely N-dealkylation sites (tertiary alicyclic amines) is 1. The zero-order valence-electron chi connectivity index (χ0n) is 11.1. The van der Waals surface area contributed by atoms with Crippen LogP contribution in [-0.2, 0) is 0 Å². The zero-order chi connectivity index (χ0) is 13.0. The number of nitrogens with zero attached hydrogens (tertiary/aromatic N) is 2. The minimum Gasteiger partial charge on any atom is -0.385 e. The molecule has 4 heteroatoms. The van der Waals surface area contributed by atoms with E-state index in [2.05, 4.69) is 24.1 Å². The molecule has 0 bridgehead atoms. The van der Waals surface area contributed by atoms with Gasteiger partial charge in [-0.05, 0) is 38.3 Å². The lowest BCUT2D eigenvalue weighted by Crippen LogP contribution is -2.34. The molecule has 0 radical (unpaired) electrons. The van der Waals surface area contributed by atoms with Crippen molar-refractivity contribution in [3.8, 4) is 0 Å². The van der Waals surface area contributed by atoms with Crippen molar-refractivity contribution in [1.82, 2.24) is 9.88 Å². The van der Waals surface area contributed by atoms with Crippen molar-refractivity contribution in [3.05, 3.63) is 24.0 Å². The van der Waals surface area contributed by atoms with Gasteiger partial charge in [0.25, 0.3) is 5.91 Å². The third-order valence-electron chi connectivity index (χ3n) is 3.37. The first kappa shape index (κ1) is 12.9. The standard InChI is InChI=1S/C14H21N3O/c1-3-7-15-12-6-8-16-13(10-12)14(18)17-9-4-5-11(17)2/h6,8,10-11H,3-5,7,9H2,1-2H3,(H,15,16). The van der Waals surface area contributed by atoms with E-state index in [4.69, 9.17) is 0 Å². The first-order valence-electron chi connectivity index (χ1n) is 6.73. The normalized spacial score (nSPS) is 19.0. The molecule has 1 N–H and O–H groups in total. The second-order valence-electron chi connectivity index (χ2n) is 4.85. The summed E-state index contributed by atoms with van der Waals surface area (Å²) in [4.78, 5) is 18.4. The molecule has 2 heterocycles. The minimum absolute atomic E-state index is 0.0557. The lowest BCUT2D eigenvalue weighted by atomic mass is 10.2. The highest BCUT2D eigenvalue weighted by molar-refractivity contribution is 5.93. The van der Waals surface area contributed by atoms with Crippen LogP contribution in [0.4, 0.5) is 5.69 Å². The molecule has 1 amide bonds. The number of carbonyl (C=O) groups excluding carboxylic acids is 1. The van der Waals surface area contributed by atoms with Crippen molar-refractivity contribution >= 4 is 11.6 Å². The molecule has 4 nitrogen and oxygen atoms in total. The van der Waals surface area contributed by atoms with Gasteiger partial charge >= 0.3 is 0 Å². The van der Waals surface area contributed by atoms with Gasteiger partial charge in [-0.1, -0.05) is 6.92 Å². The van der Waals surface area contributed by atoms with Crippen LogP contribution < -0.4 is 5.32 Å². The van der Waals surface area contributed by atoms with Crippen LogP contribution in [0.5, 0.6) is 0 Å². The predicted octanol–water partition coefficient (Wildman–Crippen LogP) is 2.53. The second-order valence-corrected chi connectivity index (χ2v) is 4.85. The van der Waals surface area contributed by atoms with E-state index < -0.39 is 0 Å². The molecule has 0 aliphatic carbocycles. The van der Waals surface area contributed by atoms with Crippen molar-refractivity contribution < 1.29 is 4.79 Å². The van der Waals surface area contributed by atoms with Gasteiger partial charge in [-0.25, -0.2) is 0 Å². The van der Waals surface area contributed by atoms with Crippen LogP contribution >= 0.6 is 0 Å².